The third-order valence-corrected chi connectivity index (χ3v) is 1.54. The molecule has 0 bridgehead atoms. The Balaban J connectivity index is 2.24. The van der Waals surface area contributed by atoms with Gasteiger partial charge in [0.25, 0.3) is 0 Å². The zero-order valence-corrected chi connectivity index (χ0v) is 6.36. The van der Waals surface area contributed by atoms with Gasteiger partial charge in [-0.25, -0.2) is 10.4 Å². The van der Waals surface area contributed by atoms with Gasteiger partial charge in [0, 0.05) is 18.0 Å². The van der Waals surface area contributed by atoms with E-state index >= 15 is 0 Å². The Hall–Kier alpha value is -1.39. The molecule has 0 atom stereocenters. The van der Waals surface area contributed by atoms with E-state index in [2.05, 4.69) is 20.3 Å². The Labute approximate surface area is 69.7 Å². The fourth-order valence-corrected chi connectivity index (χ4v) is 0.966. The van der Waals surface area contributed by atoms with Crippen molar-refractivity contribution in [3.63, 3.8) is 0 Å². The quantitative estimate of drug-likeness (QED) is 0.626. The zero-order chi connectivity index (χ0) is 8.23. The van der Waals surface area contributed by atoms with Crippen LogP contribution in [0.2, 0.25) is 0 Å². The molecule has 0 radical (unpaired) electrons. The van der Waals surface area contributed by atoms with Crippen molar-refractivity contribution in [3.05, 3.63) is 36.2 Å². The van der Waals surface area contributed by atoms with Crippen molar-refractivity contribution in [2.45, 2.75) is 0 Å². The molecule has 2 rings (SSSR count). The molecule has 0 unspecified atom stereocenters. The van der Waals surface area contributed by atoms with E-state index in [1.54, 1.807) is 12.4 Å². The Bertz CT molecular complexity index is 284. The van der Waals surface area contributed by atoms with Crippen molar-refractivity contribution in [2.75, 3.05) is 6.61 Å². The number of hydrogen-bond acceptors (Lipinski definition) is 4. The van der Waals surface area contributed by atoms with Gasteiger partial charge in [-0.15, -0.1) is 4.99 Å². The lowest BCUT2D eigenvalue weighted by Gasteiger charge is -2.13. The molecule has 0 saturated heterocycles. The molecule has 12 heavy (non-hydrogen) atoms. The normalized spacial score (nSPS) is 16.5. The van der Waals surface area contributed by atoms with Crippen LogP contribution >= 0.6 is 0 Å². The minimum absolute atomic E-state index is 0.456. The molecule has 1 aliphatic heterocycles. The second-order valence-corrected chi connectivity index (χ2v) is 2.33. The number of nitrogens with one attached hydrogen (secondary N) is 1. The predicted molar refractivity (Wildman–Crippen MR) is 42.4 cm³/mol. The Morgan fingerprint density at radius 2 is 2.50 bits per heavy atom. The maximum atomic E-state index is 4.61. The van der Waals surface area contributed by atoms with E-state index in [4.69, 9.17) is 0 Å². The molecule has 1 aliphatic rings. The summed E-state index contributed by atoms with van der Waals surface area (Å²) >= 11 is 0. The van der Waals surface area contributed by atoms with E-state index in [1.165, 1.54) is 0 Å². The first-order valence-corrected chi connectivity index (χ1v) is 3.62. The summed E-state index contributed by atoms with van der Waals surface area (Å²) in [5, 5.41) is 0. The highest BCUT2D eigenvalue weighted by atomic mass is 17.3. The molecular formula is C8H8N2O2. The summed E-state index contributed by atoms with van der Waals surface area (Å²) in [4.78, 5) is 13.2. The smallest absolute Gasteiger partial charge is 0.105 e. The number of aromatic nitrogens is 1. The van der Waals surface area contributed by atoms with E-state index in [-0.39, 0.29) is 0 Å². The molecule has 0 saturated carbocycles. The molecule has 2 heterocycles. The molecule has 0 amide bonds. The number of pyridine rings is 1. The van der Waals surface area contributed by atoms with Crippen molar-refractivity contribution in [1.82, 2.24) is 10.5 Å². The fraction of sp³-hybridized carbons (Fsp3) is 0.125. The topological polar surface area (TPSA) is 43.4 Å². The van der Waals surface area contributed by atoms with Gasteiger partial charge in [0.15, 0.2) is 0 Å². The molecule has 4 nitrogen and oxygen atoms in total. The maximum absolute atomic E-state index is 4.61. The highest BCUT2D eigenvalue weighted by Crippen LogP contribution is 2.11. The third kappa shape index (κ3) is 1.44. The van der Waals surface area contributed by atoms with Crippen LogP contribution in [0.3, 0.4) is 0 Å². The molecule has 0 spiro atoms. The predicted octanol–water partition coefficient (Wildman–Crippen LogP) is 0.889. The van der Waals surface area contributed by atoms with Crippen molar-refractivity contribution >= 4 is 5.70 Å². The highest BCUT2D eigenvalue weighted by Gasteiger charge is 2.04. The van der Waals surface area contributed by atoms with Crippen molar-refractivity contribution in [3.8, 4) is 0 Å². The average molecular weight is 164 g/mol. The second-order valence-electron chi connectivity index (χ2n) is 2.33. The monoisotopic (exact) mass is 164 g/mol. The van der Waals surface area contributed by atoms with E-state index in [1.807, 2.05) is 18.2 Å². The summed E-state index contributed by atoms with van der Waals surface area (Å²) < 4.78 is 0. The first-order chi connectivity index (χ1) is 5.97. The Morgan fingerprint density at radius 3 is 3.17 bits per heavy atom. The molecular weight excluding hydrogens is 156 g/mol. The first kappa shape index (κ1) is 7.27. The lowest BCUT2D eigenvalue weighted by Crippen LogP contribution is -2.19. The van der Waals surface area contributed by atoms with Crippen LogP contribution in [0, 0.1) is 0 Å². The zero-order valence-electron chi connectivity index (χ0n) is 6.36. The minimum Gasteiger partial charge on any atom is -0.264 e. The van der Waals surface area contributed by atoms with Crippen molar-refractivity contribution in [2.24, 2.45) is 0 Å². The third-order valence-electron chi connectivity index (χ3n) is 1.54. The van der Waals surface area contributed by atoms with Gasteiger partial charge in [-0.3, -0.25) is 4.98 Å². The van der Waals surface area contributed by atoms with E-state index in [0.717, 1.165) is 11.3 Å². The molecule has 0 aromatic carbocycles. The molecule has 62 valence electrons. The van der Waals surface area contributed by atoms with Crippen molar-refractivity contribution in [1.29, 1.82) is 0 Å². The Morgan fingerprint density at radius 1 is 1.50 bits per heavy atom. The molecule has 4 heteroatoms. The molecule has 0 fully saturated rings. The fourth-order valence-electron chi connectivity index (χ4n) is 0.966. The SMILES string of the molecule is C1=C(c2cccnc2)NOOC1. The van der Waals surface area contributed by atoms with Crippen LogP contribution in [0.15, 0.2) is 30.6 Å². The van der Waals surface area contributed by atoms with Gasteiger partial charge in [0.05, 0.1) is 5.70 Å². The summed E-state index contributed by atoms with van der Waals surface area (Å²) in [7, 11) is 0. The van der Waals surface area contributed by atoms with Crippen molar-refractivity contribution < 1.29 is 9.88 Å². The number of hydroxylamine groups is 1. The number of rotatable bonds is 1. The summed E-state index contributed by atoms with van der Waals surface area (Å²) in [5.74, 6) is 0. The number of nitrogens with zero attached hydrogens (tertiary/aromatic N) is 1. The number of hydrogen-bond donors (Lipinski definition) is 1. The highest BCUT2D eigenvalue weighted by molar-refractivity contribution is 5.62. The van der Waals surface area contributed by atoms with Gasteiger partial charge in [-0.2, -0.15) is 0 Å². The van der Waals surface area contributed by atoms with Gasteiger partial charge >= 0.3 is 0 Å². The summed E-state index contributed by atoms with van der Waals surface area (Å²) in [5.41, 5.74) is 4.50. The van der Waals surface area contributed by atoms with E-state index in [0.29, 0.717) is 6.61 Å². The first-order valence-electron chi connectivity index (χ1n) is 3.62. The van der Waals surface area contributed by atoms with Crippen LogP contribution in [0.4, 0.5) is 0 Å². The lowest BCUT2D eigenvalue weighted by molar-refractivity contribution is -0.322. The largest absolute Gasteiger partial charge is 0.264 e. The van der Waals surface area contributed by atoms with Crippen LogP contribution < -0.4 is 5.48 Å². The van der Waals surface area contributed by atoms with Gasteiger partial charge in [-0.05, 0) is 18.2 Å². The van der Waals surface area contributed by atoms with Crippen LogP contribution in [0.5, 0.6) is 0 Å². The summed E-state index contributed by atoms with van der Waals surface area (Å²) in [6.45, 7) is 0.456. The van der Waals surface area contributed by atoms with Gasteiger partial charge in [0.1, 0.15) is 6.61 Å². The van der Waals surface area contributed by atoms with Gasteiger partial charge in [-0.1, -0.05) is 0 Å². The molecule has 1 N–H and O–H groups in total. The van der Waals surface area contributed by atoms with Gasteiger partial charge in [0.2, 0.25) is 0 Å². The van der Waals surface area contributed by atoms with Crippen LogP contribution in [0.25, 0.3) is 5.70 Å². The van der Waals surface area contributed by atoms with Gasteiger partial charge < -0.3 is 0 Å². The van der Waals surface area contributed by atoms with Crippen LogP contribution in [0.1, 0.15) is 5.56 Å². The maximum Gasteiger partial charge on any atom is 0.105 e. The lowest BCUT2D eigenvalue weighted by atomic mass is 10.2. The standard InChI is InChI=1S/C8H8N2O2/c1-2-7(6-9-4-1)8-3-5-11-12-10-8/h1-4,6,10H,5H2. The minimum atomic E-state index is 0.456. The average Bonchev–Trinajstić information content (AvgIpc) is 2.21. The molecule has 1 aromatic heterocycles. The second kappa shape index (κ2) is 3.34. The van der Waals surface area contributed by atoms with E-state index < -0.39 is 0 Å². The van der Waals surface area contributed by atoms with E-state index in [9.17, 15) is 0 Å². The van der Waals surface area contributed by atoms with Crippen LogP contribution in [-0.2, 0) is 9.88 Å². The molecule has 0 aliphatic carbocycles. The summed E-state index contributed by atoms with van der Waals surface area (Å²) in [6.07, 6.45) is 5.37. The molecule has 1 aromatic rings. The van der Waals surface area contributed by atoms with Crippen LogP contribution in [-0.4, -0.2) is 11.6 Å². The summed E-state index contributed by atoms with van der Waals surface area (Å²) in [6, 6.07) is 3.81. The Kier molecular flexibility index (Phi) is 2.02.